The molecule has 0 unspecified atom stereocenters. The molecule has 1 aromatic carbocycles. The molecule has 3 N–H and O–H groups in total. The van der Waals surface area contributed by atoms with Crippen LogP contribution in [0.2, 0.25) is 5.15 Å². The van der Waals surface area contributed by atoms with Crippen LogP contribution in [0.3, 0.4) is 0 Å². The lowest BCUT2D eigenvalue weighted by atomic mass is 10.1. The number of anilines is 1. The molecule has 0 amide bonds. The molecular formula is C15H11ClN6O. The van der Waals surface area contributed by atoms with E-state index in [2.05, 4.69) is 25.1 Å². The van der Waals surface area contributed by atoms with Crippen LogP contribution in [0.15, 0.2) is 30.7 Å². The Labute approximate surface area is 135 Å². The van der Waals surface area contributed by atoms with Gasteiger partial charge in [-0.1, -0.05) is 17.7 Å². The summed E-state index contributed by atoms with van der Waals surface area (Å²) in [6.07, 6.45) is 3.07. The number of pyridine rings is 1. The largest absolute Gasteiger partial charge is 0.437 e. The van der Waals surface area contributed by atoms with Crippen molar-refractivity contribution in [2.45, 2.75) is 6.92 Å². The predicted molar refractivity (Wildman–Crippen MR) is 87.7 cm³/mol. The van der Waals surface area contributed by atoms with Gasteiger partial charge in [0.25, 0.3) is 0 Å². The molecule has 0 fully saturated rings. The van der Waals surface area contributed by atoms with Crippen LogP contribution in [0.25, 0.3) is 21.8 Å². The minimum atomic E-state index is 0.266. The van der Waals surface area contributed by atoms with E-state index in [9.17, 15) is 0 Å². The number of hydrogen-bond donors (Lipinski definition) is 2. The van der Waals surface area contributed by atoms with E-state index in [0.29, 0.717) is 16.7 Å². The Kier molecular flexibility index (Phi) is 3.02. The second-order valence-corrected chi connectivity index (χ2v) is 5.44. The third-order valence-corrected chi connectivity index (χ3v) is 3.75. The summed E-state index contributed by atoms with van der Waals surface area (Å²) in [7, 11) is 0. The van der Waals surface area contributed by atoms with Crippen LogP contribution in [-0.4, -0.2) is 25.1 Å². The second kappa shape index (κ2) is 5.06. The molecule has 0 saturated carbocycles. The number of benzene rings is 1. The molecule has 8 heteroatoms. The maximum Gasteiger partial charge on any atom is 0.233 e. The zero-order valence-corrected chi connectivity index (χ0v) is 12.8. The molecular weight excluding hydrogens is 316 g/mol. The Balaban J connectivity index is 1.96. The first-order valence-electron chi connectivity index (χ1n) is 6.81. The van der Waals surface area contributed by atoms with Gasteiger partial charge in [-0.15, -0.1) is 0 Å². The Morgan fingerprint density at radius 1 is 1.26 bits per heavy atom. The van der Waals surface area contributed by atoms with Crippen LogP contribution in [0.5, 0.6) is 11.6 Å². The number of aromatic amines is 1. The van der Waals surface area contributed by atoms with E-state index in [4.69, 9.17) is 22.1 Å². The number of H-pyrrole nitrogens is 1. The minimum Gasteiger partial charge on any atom is -0.437 e. The highest BCUT2D eigenvalue weighted by Crippen LogP contribution is 2.36. The monoisotopic (exact) mass is 326 g/mol. The second-order valence-electron chi connectivity index (χ2n) is 5.05. The van der Waals surface area contributed by atoms with Gasteiger partial charge >= 0.3 is 0 Å². The summed E-state index contributed by atoms with van der Waals surface area (Å²) in [4.78, 5) is 12.4. The SMILES string of the molecule is Cc1ccc2[nH]ncc2c1Oc1nc(Cl)cc2ncnc(N)c12. The van der Waals surface area contributed by atoms with Crippen molar-refractivity contribution in [3.05, 3.63) is 41.4 Å². The number of nitrogens with two attached hydrogens (primary N) is 1. The predicted octanol–water partition coefficient (Wildman–Crippen LogP) is 3.24. The first-order chi connectivity index (χ1) is 11.1. The van der Waals surface area contributed by atoms with Crippen LogP contribution < -0.4 is 10.5 Å². The van der Waals surface area contributed by atoms with Crippen molar-refractivity contribution >= 4 is 39.2 Å². The van der Waals surface area contributed by atoms with Crippen molar-refractivity contribution in [2.75, 3.05) is 5.73 Å². The normalized spacial score (nSPS) is 11.2. The summed E-state index contributed by atoms with van der Waals surface area (Å²) in [5.41, 5.74) is 8.33. The number of rotatable bonds is 2. The van der Waals surface area contributed by atoms with Crippen LogP contribution in [-0.2, 0) is 0 Å². The number of aryl methyl sites for hydroxylation is 1. The average molecular weight is 327 g/mol. The van der Waals surface area contributed by atoms with Crippen molar-refractivity contribution in [3.63, 3.8) is 0 Å². The van der Waals surface area contributed by atoms with Crippen molar-refractivity contribution in [1.82, 2.24) is 25.1 Å². The third-order valence-electron chi connectivity index (χ3n) is 3.55. The van der Waals surface area contributed by atoms with Crippen molar-refractivity contribution in [1.29, 1.82) is 0 Å². The van der Waals surface area contributed by atoms with Gasteiger partial charge in [-0.2, -0.15) is 5.10 Å². The molecule has 0 radical (unpaired) electrons. The van der Waals surface area contributed by atoms with E-state index in [1.165, 1.54) is 6.33 Å². The number of fused-ring (bicyclic) bond motifs is 2. The van der Waals surface area contributed by atoms with E-state index in [-0.39, 0.29) is 16.9 Å². The van der Waals surface area contributed by atoms with Gasteiger partial charge in [0.05, 0.1) is 22.6 Å². The van der Waals surface area contributed by atoms with Crippen molar-refractivity contribution < 1.29 is 4.74 Å². The average Bonchev–Trinajstić information content (AvgIpc) is 2.98. The Bertz CT molecular complexity index is 1040. The summed E-state index contributed by atoms with van der Waals surface area (Å²) in [6.45, 7) is 1.94. The number of aromatic nitrogens is 5. The summed E-state index contributed by atoms with van der Waals surface area (Å²) < 4.78 is 6.04. The Morgan fingerprint density at radius 2 is 2.13 bits per heavy atom. The number of nitrogens with zero attached hydrogens (tertiary/aromatic N) is 4. The molecule has 0 aliphatic rings. The summed E-state index contributed by atoms with van der Waals surface area (Å²) in [6, 6.07) is 5.49. The highest BCUT2D eigenvalue weighted by molar-refractivity contribution is 6.30. The molecule has 0 spiro atoms. The fraction of sp³-hybridized carbons (Fsp3) is 0.0667. The molecule has 23 heavy (non-hydrogen) atoms. The summed E-state index contributed by atoms with van der Waals surface area (Å²) in [5, 5.41) is 8.58. The molecule has 3 heterocycles. The van der Waals surface area contributed by atoms with Crippen molar-refractivity contribution in [3.8, 4) is 11.6 Å². The first-order valence-corrected chi connectivity index (χ1v) is 7.18. The highest BCUT2D eigenvalue weighted by Gasteiger charge is 2.15. The van der Waals surface area contributed by atoms with Gasteiger partial charge in [-0.3, -0.25) is 5.10 Å². The van der Waals surface area contributed by atoms with Crippen LogP contribution in [0.1, 0.15) is 5.56 Å². The van der Waals surface area contributed by atoms with Crippen molar-refractivity contribution in [2.24, 2.45) is 0 Å². The number of hydrogen-bond acceptors (Lipinski definition) is 6. The maximum atomic E-state index is 6.07. The molecule has 114 valence electrons. The third kappa shape index (κ3) is 2.22. The summed E-state index contributed by atoms with van der Waals surface area (Å²) in [5.74, 6) is 1.18. The topological polar surface area (TPSA) is 103 Å². The van der Waals surface area contributed by atoms with E-state index in [1.807, 2.05) is 19.1 Å². The minimum absolute atomic E-state index is 0.266. The quantitative estimate of drug-likeness (QED) is 0.548. The molecule has 4 aromatic rings. The van der Waals surface area contributed by atoms with Crippen LogP contribution in [0.4, 0.5) is 5.82 Å². The first kappa shape index (κ1) is 13.7. The Hall–Kier alpha value is -2.93. The molecule has 0 atom stereocenters. The lowest BCUT2D eigenvalue weighted by Gasteiger charge is -2.12. The van der Waals surface area contributed by atoms with Gasteiger partial charge in [0.15, 0.2) is 0 Å². The fourth-order valence-corrected chi connectivity index (χ4v) is 2.63. The summed E-state index contributed by atoms with van der Waals surface area (Å²) >= 11 is 6.07. The standard InChI is InChI=1S/C15H11ClN6O/c1-7-2-3-9-8(5-20-22-9)13(7)23-15-12-10(4-11(16)21-15)18-6-19-14(12)17/h2-6H,1H3,(H,20,22)(H2,17,18,19). The number of nitrogens with one attached hydrogen (secondary N) is 1. The highest BCUT2D eigenvalue weighted by atomic mass is 35.5. The van der Waals surface area contributed by atoms with Gasteiger partial charge in [-0.05, 0) is 18.6 Å². The molecule has 0 aliphatic carbocycles. The van der Waals surface area contributed by atoms with Gasteiger partial charge in [0, 0.05) is 6.07 Å². The molecule has 0 bridgehead atoms. The van der Waals surface area contributed by atoms with Gasteiger partial charge in [-0.25, -0.2) is 15.0 Å². The van der Waals surface area contributed by atoms with Crippen LogP contribution >= 0.6 is 11.6 Å². The van der Waals surface area contributed by atoms with E-state index < -0.39 is 0 Å². The smallest absolute Gasteiger partial charge is 0.233 e. The lowest BCUT2D eigenvalue weighted by Crippen LogP contribution is -1.99. The molecule has 0 aliphatic heterocycles. The van der Waals surface area contributed by atoms with Gasteiger partial charge in [0.1, 0.15) is 28.4 Å². The molecule has 0 saturated heterocycles. The van der Waals surface area contributed by atoms with Gasteiger partial charge in [0.2, 0.25) is 5.88 Å². The number of halogens is 1. The fourth-order valence-electron chi connectivity index (χ4n) is 2.45. The molecule has 7 nitrogen and oxygen atoms in total. The van der Waals surface area contributed by atoms with E-state index in [1.54, 1.807) is 12.3 Å². The number of ether oxygens (including phenoxy) is 1. The van der Waals surface area contributed by atoms with Gasteiger partial charge < -0.3 is 10.5 Å². The molecule has 3 aromatic heterocycles. The zero-order chi connectivity index (χ0) is 16.0. The van der Waals surface area contributed by atoms with E-state index in [0.717, 1.165) is 16.5 Å². The van der Waals surface area contributed by atoms with Crippen LogP contribution in [0, 0.1) is 6.92 Å². The zero-order valence-electron chi connectivity index (χ0n) is 12.0. The van der Waals surface area contributed by atoms with E-state index >= 15 is 0 Å². The molecule has 4 rings (SSSR count). The Morgan fingerprint density at radius 3 is 3.00 bits per heavy atom. The lowest BCUT2D eigenvalue weighted by molar-refractivity contribution is 0.471. The maximum absolute atomic E-state index is 6.07. The number of nitrogen functional groups attached to an aromatic ring is 1.